The van der Waals surface area contributed by atoms with Gasteiger partial charge in [0.25, 0.3) is 0 Å². The van der Waals surface area contributed by atoms with E-state index < -0.39 is 5.97 Å². The van der Waals surface area contributed by atoms with Gasteiger partial charge >= 0.3 is 29.6 Å². The van der Waals surface area contributed by atoms with Crippen molar-refractivity contribution in [1.29, 1.82) is 0 Å². The number of aliphatic carboxylic acids is 1. The molecule has 3 rings (SSSR count). The van der Waals surface area contributed by atoms with Gasteiger partial charge in [-0.25, -0.2) is 4.98 Å². The number of unbranched alkanes of at least 4 members (excludes halogenated alkanes) is 4. The molecule has 4 nitrogen and oxygen atoms in total. The van der Waals surface area contributed by atoms with Crippen molar-refractivity contribution in [3.05, 3.63) is 72.8 Å². The van der Waals surface area contributed by atoms with Crippen LogP contribution in [-0.4, -0.2) is 17.6 Å². The first-order chi connectivity index (χ1) is 14.2. The summed E-state index contributed by atoms with van der Waals surface area (Å²) in [4.78, 5) is 15.2. The van der Waals surface area contributed by atoms with Crippen molar-refractivity contribution < 1.29 is 44.2 Å². The Labute approximate surface area is 200 Å². The summed E-state index contributed by atoms with van der Waals surface area (Å²) in [5.41, 5.74) is 4.18. The standard InChI is InChI=1S/C25H27NO3.Na/c27-24(28)16-10-2-1-3-11-19-29-23-18-17-22(20-12-6-4-7-13-20)25(26-23)21-14-8-5-9-15-21;/h4-9,12-15,17-18H,1-3,10-11,16,19H2,(H,27,28);/q;+1/p-1. The summed E-state index contributed by atoms with van der Waals surface area (Å²) < 4.78 is 5.89. The summed E-state index contributed by atoms with van der Waals surface area (Å²) in [5.74, 6) is -0.340. The molecule has 1 heterocycles. The minimum Gasteiger partial charge on any atom is -0.550 e. The summed E-state index contributed by atoms with van der Waals surface area (Å²) in [6.45, 7) is 0.604. The molecule has 0 fully saturated rings. The predicted molar refractivity (Wildman–Crippen MR) is 113 cm³/mol. The van der Waals surface area contributed by atoms with Gasteiger partial charge in [-0.3, -0.25) is 0 Å². The smallest absolute Gasteiger partial charge is 0.550 e. The van der Waals surface area contributed by atoms with E-state index in [2.05, 4.69) is 30.3 Å². The SMILES string of the molecule is O=C([O-])CCCCCCCOc1ccc(-c2ccccc2)c(-c2ccccc2)n1.[Na+]. The van der Waals surface area contributed by atoms with Crippen molar-refractivity contribution >= 4 is 5.97 Å². The largest absolute Gasteiger partial charge is 1.00 e. The maximum absolute atomic E-state index is 10.4. The number of rotatable bonds is 11. The molecule has 0 saturated carbocycles. The molecule has 0 bridgehead atoms. The molecular formula is C25H26NNaO3. The fourth-order valence-electron chi connectivity index (χ4n) is 3.27. The summed E-state index contributed by atoms with van der Waals surface area (Å²) in [7, 11) is 0. The van der Waals surface area contributed by atoms with Crippen LogP contribution in [0, 0.1) is 0 Å². The Morgan fingerprint density at radius 1 is 0.767 bits per heavy atom. The molecule has 0 aliphatic carbocycles. The molecule has 0 aliphatic heterocycles. The van der Waals surface area contributed by atoms with Gasteiger partial charge in [0.1, 0.15) is 0 Å². The molecule has 0 radical (unpaired) electrons. The van der Waals surface area contributed by atoms with Crippen LogP contribution < -0.4 is 39.4 Å². The minimum absolute atomic E-state index is 0. The van der Waals surface area contributed by atoms with E-state index in [0.29, 0.717) is 18.9 Å². The van der Waals surface area contributed by atoms with Crippen LogP contribution in [0.1, 0.15) is 38.5 Å². The Kier molecular flexibility index (Phi) is 10.6. The summed E-state index contributed by atoms with van der Waals surface area (Å²) in [6.07, 6.45) is 4.69. The van der Waals surface area contributed by atoms with E-state index in [-0.39, 0.29) is 36.0 Å². The third-order valence-electron chi connectivity index (χ3n) is 4.78. The van der Waals surface area contributed by atoms with Crippen LogP contribution in [0.2, 0.25) is 0 Å². The second-order valence-electron chi connectivity index (χ2n) is 7.02. The molecular weight excluding hydrogens is 385 g/mol. The minimum atomic E-state index is -0.965. The zero-order valence-electron chi connectivity index (χ0n) is 17.5. The number of pyridine rings is 1. The van der Waals surface area contributed by atoms with Gasteiger partial charge in [-0.1, -0.05) is 79.9 Å². The number of carboxylic acid groups (broad SMARTS) is 1. The maximum Gasteiger partial charge on any atom is 1.00 e. The second kappa shape index (κ2) is 13.2. The first-order valence-corrected chi connectivity index (χ1v) is 10.2. The Hall–Kier alpha value is -2.14. The van der Waals surface area contributed by atoms with Crippen LogP contribution in [0.25, 0.3) is 22.4 Å². The van der Waals surface area contributed by atoms with Crippen molar-refractivity contribution in [2.24, 2.45) is 0 Å². The van der Waals surface area contributed by atoms with Crippen LogP contribution in [0.4, 0.5) is 0 Å². The molecule has 0 spiro atoms. The number of hydrogen-bond acceptors (Lipinski definition) is 4. The Balaban J connectivity index is 0.00000320. The van der Waals surface area contributed by atoms with Crippen LogP contribution in [0.15, 0.2) is 72.8 Å². The fraction of sp³-hybridized carbons (Fsp3) is 0.280. The van der Waals surface area contributed by atoms with E-state index in [1.807, 2.05) is 42.5 Å². The maximum atomic E-state index is 10.4. The molecule has 0 N–H and O–H groups in total. The van der Waals surface area contributed by atoms with Crippen molar-refractivity contribution in [3.63, 3.8) is 0 Å². The molecule has 30 heavy (non-hydrogen) atoms. The number of benzene rings is 2. The van der Waals surface area contributed by atoms with Crippen LogP contribution in [-0.2, 0) is 4.79 Å². The normalized spacial score (nSPS) is 10.3. The predicted octanol–water partition coefficient (Wildman–Crippen LogP) is 1.89. The molecule has 5 heteroatoms. The molecule has 0 saturated heterocycles. The van der Waals surface area contributed by atoms with Crippen molar-refractivity contribution in [3.8, 4) is 28.3 Å². The van der Waals surface area contributed by atoms with E-state index in [0.717, 1.165) is 48.1 Å². The summed E-state index contributed by atoms with van der Waals surface area (Å²) in [6, 6.07) is 24.4. The second-order valence-corrected chi connectivity index (χ2v) is 7.02. The Morgan fingerprint density at radius 3 is 2.03 bits per heavy atom. The quantitative estimate of drug-likeness (QED) is 0.357. The zero-order chi connectivity index (χ0) is 20.3. The number of nitrogens with zero attached hydrogens (tertiary/aromatic N) is 1. The Morgan fingerprint density at radius 2 is 1.37 bits per heavy atom. The summed E-state index contributed by atoms with van der Waals surface area (Å²) >= 11 is 0. The summed E-state index contributed by atoms with van der Waals surface area (Å²) in [5, 5.41) is 10.4. The van der Waals surface area contributed by atoms with Gasteiger partial charge in [0.05, 0.1) is 12.3 Å². The third-order valence-corrected chi connectivity index (χ3v) is 4.78. The monoisotopic (exact) mass is 411 g/mol. The molecule has 1 aromatic heterocycles. The topological polar surface area (TPSA) is 62.2 Å². The zero-order valence-corrected chi connectivity index (χ0v) is 19.5. The van der Waals surface area contributed by atoms with Gasteiger partial charge in [0.15, 0.2) is 0 Å². The van der Waals surface area contributed by atoms with Crippen molar-refractivity contribution in [1.82, 2.24) is 4.98 Å². The molecule has 2 aromatic carbocycles. The van der Waals surface area contributed by atoms with E-state index in [4.69, 9.17) is 9.72 Å². The van der Waals surface area contributed by atoms with Gasteiger partial charge in [0, 0.05) is 23.2 Å². The van der Waals surface area contributed by atoms with E-state index in [1.54, 1.807) is 0 Å². The van der Waals surface area contributed by atoms with Gasteiger partial charge in [-0.05, 0) is 30.9 Å². The van der Waals surface area contributed by atoms with Crippen molar-refractivity contribution in [2.75, 3.05) is 6.61 Å². The molecule has 150 valence electrons. The molecule has 0 unspecified atom stereocenters. The number of ether oxygens (including phenoxy) is 1. The average molecular weight is 411 g/mol. The molecule has 0 amide bonds. The molecule has 3 aromatic rings. The molecule has 0 atom stereocenters. The Bertz CT molecular complexity index is 901. The van der Waals surface area contributed by atoms with Crippen LogP contribution in [0.5, 0.6) is 5.88 Å². The van der Waals surface area contributed by atoms with Gasteiger partial charge in [0.2, 0.25) is 5.88 Å². The number of carboxylic acids is 1. The number of carbonyl (C=O) groups excluding carboxylic acids is 1. The van der Waals surface area contributed by atoms with Crippen molar-refractivity contribution in [2.45, 2.75) is 38.5 Å². The third kappa shape index (κ3) is 7.60. The number of hydrogen-bond donors (Lipinski definition) is 0. The van der Waals surface area contributed by atoms with E-state index >= 15 is 0 Å². The first-order valence-electron chi connectivity index (χ1n) is 10.2. The van der Waals surface area contributed by atoms with E-state index in [9.17, 15) is 9.90 Å². The van der Waals surface area contributed by atoms with Crippen LogP contribution >= 0.6 is 0 Å². The van der Waals surface area contributed by atoms with Gasteiger partial charge < -0.3 is 14.6 Å². The molecule has 0 aliphatic rings. The van der Waals surface area contributed by atoms with Gasteiger partial charge in [-0.2, -0.15) is 0 Å². The van der Waals surface area contributed by atoms with Gasteiger partial charge in [-0.15, -0.1) is 0 Å². The van der Waals surface area contributed by atoms with Crippen LogP contribution in [0.3, 0.4) is 0 Å². The fourth-order valence-corrected chi connectivity index (χ4v) is 3.27. The number of aromatic nitrogens is 1. The van der Waals surface area contributed by atoms with E-state index in [1.165, 1.54) is 0 Å². The average Bonchev–Trinajstić information content (AvgIpc) is 2.76. The number of carbonyl (C=O) groups is 1. The first kappa shape index (κ1) is 24.1.